The van der Waals surface area contributed by atoms with Gasteiger partial charge in [0, 0.05) is 26.8 Å². The molecule has 0 atom stereocenters. The van der Waals surface area contributed by atoms with Gasteiger partial charge in [0.1, 0.15) is 0 Å². The minimum Gasteiger partial charge on any atom is -0.385 e. The predicted octanol–water partition coefficient (Wildman–Crippen LogP) is 1.26. The smallest absolute Gasteiger partial charge is 0.224 e. The van der Waals surface area contributed by atoms with Gasteiger partial charge in [-0.1, -0.05) is 6.42 Å². The van der Waals surface area contributed by atoms with Gasteiger partial charge in [0.2, 0.25) is 5.91 Å². The molecule has 0 heterocycles. The summed E-state index contributed by atoms with van der Waals surface area (Å²) in [5, 5.41) is 6.64. The van der Waals surface area contributed by atoms with Gasteiger partial charge in [0.25, 0.3) is 0 Å². The van der Waals surface area contributed by atoms with Gasteiger partial charge in [0.05, 0.1) is 12.0 Å². The number of amides is 1. The van der Waals surface area contributed by atoms with Gasteiger partial charge in [-0.2, -0.15) is 0 Å². The van der Waals surface area contributed by atoms with Crippen molar-refractivity contribution in [3.63, 3.8) is 0 Å². The third-order valence-electron chi connectivity index (χ3n) is 4.53. The second kappa shape index (κ2) is 8.36. The van der Waals surface area contributed by atoms with Crippen molar-refractivity contribution < 1.29 is 9.53 Å². The first kappa shape index (κ1) is 18.7. The fraction of sp³-hybridized carbons (Fsp3) is 0.875. The molecule has 0 aromatic heterocycles. The molecular formula is C16H32N4O2. The van der Waals surface area contributed by atoms with Gasteiger partial charge in [-0.25, -0.2) is 0 Å². The van der Waals surface area contributed by atoms with Gasteiger partial charge in [-0.05, 0) is 45.4 Å². The molecule has 1 aliphatic carbocycles. The lowest BCUT2D eigenvalue weighted by Gasteiger charge is -2.42. The number of nitrogens with one attached hydrogen (secondary N) is 2. The maximum absolute atomic E-state index is 11.4. The number of aliphatic imine (C=N–C) groups is 1. The fourth-order valence-electron chi connectivity index (χ4n) is 2.48. The van der Waals surface area contributed by atoms with Crippen LogP contribution in [0.3, 0.4) is 0 Å². The minimum absolute atomic E-state index is 0.325. The third kappa shape index (κ3) is 5.48. The van der Waals surface area contributed by atoms with Crippen molar-refractivity contribution in [2.24, 2.45) is 21.6 Å². The lowest BCUT2D eigenvalue weighted by Crippen LogP contribution is -2.47. The highest BCUT2D eigenvalue weighted by molar-refractivity contribution is 5.82. The molecule has 0 radical (unpaired) electrons. The molecule has 1 fully saturated rings. The van der Waals surface area contributed by atoms with E-state index in [1.54, 1.807) is 7.11 Å². The molecule has 1 rings (SSSR count). The molecule has 0 saturated heterocycles. The molecule has 0 aromatic rings. The van der Waals surface area contributed by atoms with E-state index in [0.717, 1.165) is 32.1 Å². The van der Waals surface area contributed by atoms with Crippen LogP contribution in [0.2, 0.25) is 0 Å². The summed E-state index contributed by atoms with van der Waals surface area (Å²) in [5.41, 5.74) is 5.09. The Morgan fingerprint density at radius 3 is 2.50 bits per heavy atom. The second-order valence-electron chi connectivity index (χ2n) is 6.89. The van der Waals surface area contributed by atoms with Gasteiger partial charge < -0.3 is 21.1 Å². The molecule has 128 valence electrons. The predicted molar refractivity (Wildman–Crippen MR) is 89.7 cm³/mol. The largest absolute Gasteiger partial charge is 0.385 e. The summed E-state index contributed by atoms with van der Waals surface area (Å²) >= 11 is 0. The number of hydrogen-bond donors (Lipinski definition) is 3. The highest BCUT2D eigenvalue weighted by Crippen LogP contribution is 2.43. The Morgan fingerprint density at radius 2 is 2.05 bits per heavy atom. The number of carbonyl (C=O) groups excluding carboxylic acids is 1. The van der Waals surface area contributed by atoms with Crippen LogP contribution in [-0.2, 0) is 9.53 Å². The zero-order valence-electron chi connectivity index (χ0n) is 14.5. The highest BCUT2D eigenvalue weighted by Gasteiger charge is 2.36. The van der Waals surface area contributed by atoms with Crippen molar-refractivity contribution in [2.45, 2.75) is 46.5 Å². The molecule has 6 nitrogen and oxygen atoms in total. The molecular weight excluding hydrogens is 280 g/mol. The zero-order valence-corrected chi connectivity index (χ0v) is 14.5. The van der Waals surface area contributed by atoms with Crippen LogP contribution >= 0.6 is 0 Å². The van der Waals surface area contributed by atoms with Gasteiger partial charge in [0.15, 0.2) is 5.96 Å². The first-order chi connectivity index (χ1) is 10.4. The van der Waals surface area contributed by atoms with Gasteiger partial charge in [-0.15, -0.1) is 0 Å². The van der Waals surface area contributed by atoms with Crippen molar-refractivity contribution in [2.75, 3.05) is 33.4 Å². The number of hydrogen-bond acceptors (Lipinski definition) is 3. The maximum atomic E-state index is 11.4. The summed E-state index contributed by atoms with van der Waals surface area (Å²) in [4.78, 5) is 15.9. The van der Waals surface area contributed by atoms with Crippen LogP contribution in [0, 0.1) is 10.8 Å². The number of rotatable bonds is 9. The number of guanidine groups is 1. The molecule has 0 unspecified atom stereocenters. The Morgan fingerprint density at radius 1 is 1.36 bits per heavy atom. The van der Waals surface area contributed by atoms with Crippen molar-refractivity contribution >= 4 is 11.9 Å². The van der Waals surface area contributed by atoms with Gasteiger partial charge >= 0.3 is 0 Å². The second-order valence-corrected chi connectivity index (χ2v) is 6.89. The summed E-state index contributed by atoms with van der Waals surface area (Å²) in [5.74, 6) is 0.420. The molecule has 1 aliphatic rings. The molecule has 0 spiro atoms. The molecule has 1 saturated carbocycles. The Bertz CT molecular complexity index is 390. The van der Waals surface area contributed by atoms with E-state index in [4.69, 9.17) is 10.5 Å². The molecule has 0 aliphatic heterocycles. The van der Waals surface area contributed by atoms with Crippen molar-refractivity contribution in [1.82, 2.24) is 10.6 Å². The molecule has 22 heavy (non-hydrogen) atoms. The first-order valence-electron chi connectivity index (χ1n) is 8.16. The highest BCUT2D eigenvalue weighted by atomic mass is 16.5. The third-order valence-corrected chi connectivity index (χ3v) is 4.53. The number of primary amides is 1. The van der Waals surface area contributed by atoms with E-state index in [-0.39, 0.29) is 5.91 Å². The molecule has 6 heteroatoms. The van der Waals surface area contributed by atoms with E-state index in [1.807, 2.05) is 20.8 Å². The first-order valence-corrected chi connectivity index (χ1v) is 8.16. The van der Waals surface area contributed by atoms with E-state index >= 15 is 0 Å². The van der Waals surface area contributed by atoms with Gasteiger partial charge in [-0.3, -0.25) is 9.79 Å². The Balaban J connectivity index is 2.58. The SMILES string of the molecule is CCNC(=NCC(C)(C)C(N)=O)NCC1(CCOC)CCC1. The van der Waals surface area contributed by atoms with Crippen LogP contribution in [0.25, 0.3) is 0 Å². The quantitative estimate of drug-likeness (QED) is 0.442. The average molecular weight is 312 g/mol. The summed E-state index contributed by atoms with van der Waals surface area (Å²) in [6.45, 7) is 8.50. The van der Waals surface area contributed by atoms with Crippen LogP contribution in [0.1, 0.15) is 46.5 Å². The summed E-state index contributed by atoms with van der Waals surface area (Å²) in [6, 6.07) is 0. The van der Waals surface area contributed by atoms with E-state index in [2.05, 4.69) is 15.6 Å². The molecule has 1 amide bonds. The molecule has 4 N–H and O–H groups in total. The summed E-state index contributed by atoms with van der Waals surface area (Å²) < 4.78 is 5.22. The lowest BCUT2D eigenvalue weighted by molar-refractivity contribution is -0.125. The fourth-order valence-corrected chi connectivity index (χ4v) is 2.48. The van der Waals surface area contributed by atoms with Crippen LogP contribution in [0.15, 0.2) is 4.99 Å². The Labute approximate surface area is 134 Å². The number of nitrogens with two attached hydrogens (primary N) is 1. The number of ether oxygens (including phenoxy) is 1. The maximum Gasteiger partial charge on any atom is 0.224 e. The summed E-state index contributed by atoms with van der Waals surface area (Å²) in [6.07, 6.45) is 4.82. The van der Waals surface area contributed by atoms with E-state index in [9.17, 15) is 4.79 Å². The van der Waals surface area contributed by atoms with Crippen LogP contribution in [0.5, 0.6) is 0 Å². The van der Waals surface area contributed by atoms with Crippen LogP contribution in [0.4, 0.5) is 0 Å². The topological polar surface area (TPSA) is 88.7 Å². The summed E-state index contributed by atoms with van der Waals surface area (Å²) in [7, 11) is 1.75. The van der Waals surface area contributed by atoms with Crippen LogP contribution < -0.4 is 16.4 Å². The standard InChI is InChI=1S/C16H32N4O2/c1-5-18-14(19-11-15(2,3)13(17)21)20-12-16(7-6-8-16)9-10-22-4/h5-12H2,1-4H3,(H2,17,21)(H2,18,19,20). The zero-order chi connectivity index (χ0) is 16.6. The van der Waals surface area contributed by atoms with Crippen molar-refractivity contribution in [1.29, 1.82) is 0 Å². The number of nitrogens with zero attached hydrogens (tertiary/aromatic N) is 1. The monoisotopic (exact) mass is 312 g/mol. The minimum atomic E-state index is -0.632. The van der Waals surface area contributed by atoms with Crippen molar-refractivity contribution in [3.8, 4) is 0 Å². The number of methoxy groups -OCH3 is 1. The van der Waals surface area contributed by atoms with Crippen LogP contribution in [-0.4, -0.2) is 45.2 Å². The van der Waals surface area contributed by atoms with Crippen molar-refractivity contribution in [3.05, 3.63) is 0 Å². The number of carbonyl (C=O) groups is 1. The Hall–Kier alpha value is -1.30. The van der Waals surface area contributed by atoms with E-state index in [1.165, 1.54) is 19.3 Å². The van der Waals surface area contributed by atoms with E-state index < -0.39 is 5.41 Å². The molecule has 0 aromatic carbocycles. The molecule has 0 bridgehead atoms. The van der Waals surface area contributed by atoms with E-state index in [0.29, 0.717) is 12.0 Å². The average Bonchev–Trinajstić information content (AvgIpc) is 2.42. The Kier molecular flexibility index (Phi) is 7.13. The normalized spacial score (nSPS) is 17.7. The lowest BCUT2D eigenvalue weighted by atomic mass is 9.67.